The fraction of sp³-hybridized carbons (Fsp3) is 0.536. The van der Waals surface area contributed by atoms with Crippen LogP contribution in [0, 0.1) is 29.1 Å². The van der Waals surface area contributed by atoms with Gasteiger partial charge in [0.2, 0.25) is 0 Å². The maximum Gasteiger partial charge on any atom is 0.419 e. The second kappa shape index (κ2) is 8.03. The van der Waals surface area contributed by atoms with Crippen LogP contribution in [0.3, 0.4) is 0 Å². The first kappa shape index (κ1) is 23.3. The average molecular weight is 473 g/mol. The van der Waals surface area contributed by atoms with Crippen LogP contribution in [0.15, 0.2) is 48.5 Å². The van der Waals surface area contributed by atoms with Gasteiger partial charge in [-0.15, -0.1) is 0 Å². The van der Waals surface area contributed by atoms with Crippen molar-refractivity contribution >= 4 is 5.97 Å². The van der Waals surface area contributed by atoms with Crippen molar-refractivity contribution in [3.05, 3.63) is 59.7 Å². The highest BCUT2D eigenvalue weighted by Gasteiger charge is 2.64. The number of esters is 1. The highest BCUT2D eigenvalue weighted by atomic mass is 19.4. The van der Waals surface area contributed by atoms with Crippen LogP contribution in [-0.2, 0) is 6.18 Å². The molecule has 0 saturated heterocycles. The van der Waals surface area contributed by atoms with E-state index in [9.17, 15) is 18.0 Å². The van der Waals surface area contributed by atoms with E-state index in [2.05, 4.69) is 20.8 Å². The van der Waals surface area contributed by atoms with Gasteiger partial charge in [-0.2, -0.15) is 13.2 Å². The van der Waals surface area contributed by atoms with Crippen LogP contribution in [-0.4, -0.2) is 11.6 Å². The molecule has 2 aromatic rings. The third-order valence-corrected chi connectivity index (χ3v) is 8.28. The lowest BCUT2D eigenvalue weighted by Gasteiger charge is -2.65. The summed E-state index contributed by atoms with van der Waals surface area (Å²) in [7, 11) is 0. The molecule has 3 nitrogen and oxygen atoms in total. The third-order valence-electron chi connectivity index (χ3n) is 8.28. The smallest absolute Gasteiger partial charge is 0.419 e. The first-order valence-corrected chi connectivity index (χ1v) is 12.1. The van der Waals surface area contributed by atoms with E-state index < -0.39 is 23.3 Å². The van der Waals surface area contributed by atoms with Crippen molar-refractivity contribution in [1.82, 2.24) is 0 Å². The van der Waals surface area contributed by atoms with Gasteiger partial charge >= 0.3 is 12.1 Å². The van der Waals surface area contributed by atoms with Gasteiger partial charge in [-0.05, 0) is 86.1 Å². The second-order valence-corrected chi connectivity index (χ2v) is 11.4. The van der Waals surface area contributed by atoms with Crippen LogP contribution < -0.4 is 9.47 Å². The zero-order valence-electron chi connectivity index (χ0n) is 19.8. The molecule has 0 heterocycles. The van der Waals surface area contributed by atoms with Crippen LogP contribution in [0.1, 0.15) is 68.8 Å². The quantitative estimate of drug-likeness (QED) is 0.341. The van der Waals surface area contributed by atoms with E-state index in [1.54, 1.807) is 30.3 Å². The van der Waals surface area contributed by atoms with Crippen LogP contribution in [0.2, 0.25) is 0 Å². The lowest BCUT2D eigenvalue weighted by atomic mass is 9.45. The Kier molecular flexibility index (Phi) is 5.49. The van der Waals surface area contributed by atoms with Gasteiger partial charge in [-0.1, -0.05) is 39.0 Å². The molecule has 0 spiro atoms. The maximum atomic E-state index is 14.1. The lowest BCUT2D eigenvalue weighted by Crippen LogP contribution is -2.66. The summed E-state index contributed by atoms with van der Waals surface area (Å²) in [6.07, 6.45) is 0.648. The molecule has 4 aliphatic carbocycles. The van der Waals surface area contributed by atoms with Crippen molar-refractivity contribution in [3.8, 4) is 11.5 Å². The highest BCUT2D eigenvalue weighted by molar-refractivity contribution is 5.91. The number of carbonyl (C=O) groups is 1. The van der Waals surface area contributed by atoms with Gasteiger partial charge in [0, 0.05) is 5.41 Å². The lowest BCUT2D eigenvalue weighted by molar-refractivity contribution is -0.210. The van der Waals surface area contributed by atoms with E-state index in [-0.39, 0.29) is 28.6 Å². The summed E-state index contributed by atoms with van der Waals surface area (Å²) in [4.78, 5) is 12.8. The molecular formula is C28H31F3O3. The molecule has 0 unspecified atom stereocenters. The Morgan fingerprint density at radius 1 is 0.882 bits per heavy atom. The molecule has 4 saturated carbocycles. The molecular weight excluding hydrogens is 441 g/mol. The number of rotatable bonds is 4. The number of hydrogen-bond donors (Lipinski definition) is 0. The Bertz CT molecular complexity index is 1040. The van der Waals surface area contributed by atoms with Crippen LogP contribution >= 0.6 is 0 Å². The SMILES string of the molecule is CC(C)(C)C1(Oc2cc(C(=O)Oc3ccccc3)ccc2C(F)(F)F)C2CC3CC(C2)CC1C3. The van der Waals surface area contributed by atoms with Gasteiger partial charge < -0.3 is 9.47 Å². The van der Waals surface area contributed by atoms with Crippen molar-refractivity contribution < 1.29 is 27.4 Å². The summed E-state index contributed by atoms with van der Waals surface area (Å²) in [5.41, 5.74) is -1.87. The van der Waals surface area contributed by atoms with Gasteiger partial charge in [0.15, 0.2) is 0 Å². The molecule has 0 radical (unpaired) electrons. The summed E-state index contributed by atoms with van der Waals surface area (Å²) < 4.78 is 54.2. The number of ether oxygens (including phenoxy) is 2. The minimum Gasteiger partial charge on any atom is -0.485 e. The summed E-state index contributed by atoms with van der Waals surface area (Å²) in [6, 6.07) is 11.8. The van der Waals surface area contributed by atoms with E-state index in [1.165, 1.54) is 18.6 Å². The van der Waals surface area contributed by atoms with Gasteiger partial charge in [0.1, 0.15) is 17.1 Å². The van der Waals surface area contributed by atoms with Crippen LogP contribution in [0.25, 0.3) is 0 Å². The molecule has 4 aliphatic rings. The van der Waals surface area contributed by atoms with Crippen molar-refractivity contribution in [2.24, 2.45) is 29.1 Å². The number of benzene rings is 2. The molecule has 0 aromatic heterocycles. The third kappa shape index (κ3) is 3.89. The minimum absolute atomic E-state index is 0.0414. The molecule has 4 bridgehead atoms. The molecule has 182 valence electrons. The van der Waals surface area contributed by atoms with Crippen molar-refractivity contribution in [3.63, 3.8) is 0 Å². The van der Waals surface area contributed by atoms with E-state index >= 15 is 0 Å². The Morgan fingerprint density at radius 3 is 2.00 bits per heavy atom. The molecule has 0 aliphatic heterocycles. The van der Waals surface area contributed by atoms with E-state index in [1.807, 2.05) is 0 Å². The fourth-order valence-corrected chi connectivity index (χ4v) is 7.23. The first-order valence-electron chi connectivity index (χ1n) is 12.1. The van der Waals surface area contributed by atoms with Gasteiger partial charge in [0.25, 0.3) is 0 Å². The topological polar surface area (TPSA) is 35.5 Å². The van der Waals surface area contributed by atoms with Gasteiger partial charge in [-0.25, -0.2) is 4.79 Å². The van der Waals surface area contributed by atoms with Gasteiger partial charge in [-0.3, -0.25) is 0 Å². The molecule has 0 atom stereocenters. The normalized spacial score (nSPS) is 30.3. The van der Waals surface area contributed by atoms with Crippen molar-refractivity contribution in [2.45, 2.75) is 64.7 Å². The van der Waals surface area contributed by atoms with Gasteiger partial charge in [0.05, 0.1) is 11.1 Å². The predicted molar refractivity (Wildman–Crippen MR) is 123 cm³/mol. The summed E-state index contributed by atoms with van der Waals surface area (Å²) in [5, 5.41) is 0. The molecule has 34 heavy (non-hydrogen) atoms. The second-order valence-electron chi connectivity index (χ2n) is 11.4. The van der Waals surface area contributed by atoms with E-state index in [0.29, 0.717) is 17.6 Å². The monoisotopic (exact) mass is 472 g/mol. The summed E-state index contributed by atoms with van der Waals surface area (Å²) in [6.45, 7) is 6.24. The fourth-order valence-electron chi connectivity index (χ4n) is 7.23. The molecule has 6 heteroatoms. The number of carbonyl (C=O) groups excluding carboxylic acids is 1. The summed E-state index contributed by atoms with van der Waals surface area (Å²) in [5.74, 6) is 1.08. The Balaban J connectivity index is 1.54. The predicted octanol–water partition coefficient (Wildman–Crippen LogP) is 7.54. The molecule has 6 rings (SSSR count). The molecule has 2 aromatic carbocycles. The number of hydrogen-bond acceptors (Lipinski definition) is 3. The van der Waals surface area contributed by atoms with Crippen molar-refractivity contribution in [2.75, 3.05) is 0 Å². The standard InChI is InChI=1S/C28H31F3O3/c1-26(2,3)27(20-12-17-11-18(14-20)15-21(27)13-17)34-24-16-19(9-10-23(24)28(29,30)31)25(32)33-22-7-5-4-6-8-22/h4-10,16-18,20-21H,11-15H2,1-3H3. The largest absolute Gasteiger partial charge is 0.485 e. The van der Waals surface area contributed by atoms with Crippen LogP contribution in [0.4, 0.5) is 13.2 Å². The minimum atomic E-state index is -4.60. The number of alkyl halides is 3. The van der Waals surface area contributed by atoms with Crippen molar-refractivity contribution in [1.29, 1.82) is 0 Å². The number of halogens is 3. The maximum absolute atomic E-state index is 14.1. The zero-order chi connectivity index (χ0) is 24.3. The van der Waals surface area contributed by atoms with E-state index in [4.69, 9.17) is 9.47 Å². The zero-order valence-corrected chi connectivity index (χ0v) is 19.8. The van der Waals surface area contributed by atoms with Crippen LogP contribution in [0.5, 0.6) is 11.5 Å². The molecule has 0 N–H and O–H groups in total. The Hall–Kier alpha value is -2.50. The Morgan fingerprint density at radius 2 is 1.47 bits per heavy atom. The number of para-hydroxylation sites is 1. The molecule has 4 fully saturated rings. The average Bonchev–Trinajstić information content (AvgIpc) is 2.75. The highest BCUT2D eigenvalue weighted by Crippen LogP contribution is 2.64. The first-order chi connectivity index (χ1) is 16.0. The molecule has 0 amide bonds. The Labute approximate surface area is 198 Å². The van der Waals surface area contributed by atoms with E-state index in [0.717, 1.165) is 31.7 Å². The summed E-state index contributed by atoms with van der Waals surface area (Å²) >= 11 is 0.